The third kappa shape index (κ3) is 2.94. The summed E-state index contributed by atoms with van der Waals surface area (Å²) in [6.45, 7) is 1.32. The van der Waals surface area contributed by atoms with Crippen LogP contribution in [0, 0.1) is 0 Å². The number of rotatable bonds is 3. The minimum Gasteiger partial charge on any atom is -0.328 e. The van der Waals surface area contributed by atoms with Crippen LogP contribution < -0.4 is 10.5 Å². The first-order valence-electron chi connectivity index (χ1n) is 6.11. The van der Waals surface area contributed by atoms with E-state index in [4.69, 9.17) is 5.73 Å². The average molecular weight is 247 g/mol. The van der Waals surface area contributed by atoms with Gasteiger partial charge in [-0.25, -0.2) is 0 Å². The third-order valence-corrected chi connectivity index (χ3v) is 5.07. The predicted molar refractivity (Wildman–Crippen MR) is 63.1 cm³/mol. The molecule has 1 aliphatic heterocycles. The summed E-state index contributed by atoms with van der Waals surface area (Å²) in [5, 5.41) is 0. The van der Waals surface area contributed by atoms with Gasteiger partial charge in [-0.05, 0) is 25.7 Å². The van der Waals surface area contributed by atoms with Crippen LogP contribution in [0.25, 0.3) is 0 Å². The van der Waals surface area contributed by atoms with Gasteiger partial charge in [0.25, 0.3) is 10.2 Å². The fourth-order valence-corrected chi connectivity index (χ4v) is 3.83. The Morgan fingerprint density at radius 3 is 2.12 bits per heavy atom. The van der Waals surface area contributed by atoms with Crippen LogP contribution in [0.1, 0.15) is 38.5 Å². The van der Waals surface area contributed by atoms with E-state index >= 15 is 0 Å². The van der Waals surface area contributed by atoms with E-state index in [1.165, 1.54) is 0 Å². The molecule has 94 valence electrons. The lowest BCUT2D eigenvalue weighted by Crippen LogP contribution is -2.54. The van der Waals surface area contributed by atoms with Crippen LogP contribution in [0.4, 0.5) is 0 Å². The zero-order valence-corrected chi connectivity index (χ0v) is 10.4. The maximum absolute atomic E-state index is 12.0. The van der Waals surface area contributed by atoms with E-state index in [-0.39, 0.29) is 12.1 Å². The largest absolute Gasteiger partial charge is 0.328 e. The van der Waals surface area contributed by atoms with Crippen molar-refractivity contribution in [3.05, 3.63) is 0 Å². The molecular formula is C10H21N3O2S. The van der Waals surface area contributed by atoms with Crippen molar-refractivity contribution in [1.29, 1.82) is 0 Å². The standard InChI is InChI=1S/C10H21N3O2S/c11-9-7-10(8-9)12-16(14,15)13-5-3-1-2-4-6-13/h9-10,12H,1-8,11H2. The molecule has 2 fully saturated rings. The Labute approximate surface area is 97.6 Å². The molecule has 5 nitrogen and oxygen atoms in total. The van der Waals surface area contributed by atoms with Gasteiger partial charge < -0.3 is 5.73 Å². The molecule has 0 atom stereocenters. The minimum absolute atomic E-state index is 0.0586. The van der Waals surface area contributed by atoms with Crippen molar-refractivity contribution in [2.24, 2.45) is 5.73 Å². The van der Waals surface area contributed by atoms with Crippen LogP contribution in [-0.2, 0) is 10.2 Å². The van der Waals surface area contributed by atoms with Crippen LogP contribution in [0.2, 0.25) is 0 Å². The molecule has 0 amide bonds. The van der Waals surface area contributed by atoms with Gasteiger partial charge in [-0.3, -0.25) is 0 Å². The molecule has 0 aromatic carbocycles. The summed E-state index contributed by atoms with van der Waals surface area (Å²) in [5.74, 6) is 0. The van der Waals surface area contributed by atoms with Crippen molar-refractivity contribution < 1.29 is 8.42 Å². The lowest BCUT2D eigenvalue weighted by Gasteiger charge is -2.34. The number of hydrogen-bond acceptors (Lipinski definition) is 3. The van der Waals surface area contributed by atoms with Gasteiger partial charge in [0.05, 0.1) is 0 Å². The molecular weight excluding hydrogens is 226 g/mol. The number of hydrogen-bond donors (Lipinski definition) is 2. The minimum atomic E-state index is -3.26. The van der Waals surface area contributed by atoms with Gasteiger partial charge in [0.15, 0.2) is 0 Å². The van der Waals surface area contributed by atoms with Gasteiger partial charge in [-0.1, -0.05) is 12.8 Å². The predicted octanol–water partition coefficient (Wildman–Crippen LogP) is 0.186. The summed E-state index contributed by atoms with van der Waals surface area (Å²) >= 11 is 0. The third-order valence-electron chi connectivity index (χ3n) is 3.40. The summed E-state index contributed by atoms with van der Waals surface area (Å²) in [6, 6.07) is 0.236. The second-order valence-electron chi connectivity index (χ2n) is 4.86. The molecule has 0 aromatic rings. The number of nitrogens with zero attached hydrogens (tertiary/aromatic N) is 1. The highest BCUT2D eigenvalue weighted by Gasteiger charge is 2.32. The molecule has 0 aromatic heterocycles. The van der Waals surface area contributed by atoms with Gasteiger partial charge in [0.2, 0.25) is 0 Å². The first-order valence-corrected chi connectivity index (χ1v) is 7.55. The second-order valence-corrected chi connectivity index (χ2v) is 6.57. The monoisotopic (exact) mass is 247 g/mol. The Morgan fingerprint density at radius 2 is 1.62 bits per heavy atom. The molecule has 6 heteroatoms. The summed E-state index contributed by atoms with van der Waals surface area (Å²) in [5.41, 5.74) is 5.64. The first-order chi connectivity index (χ1) is 7.58. The van der Waals surface area contributed by atoms with Crippen LogP contribution in [-0.4, -0.2) is 37.9 Å². The first kappa shape index (κ1) is 12.3. The van der Waals surface area contributed by atoms with Crippen LogP contribution in [0.15, 0.2) is 0 Å². The lowest BCUT2D eigenvalue weighted by atomic mass is 9.89. The Kier molecular flexibility index (Phi) is 3.84. The molecule has 16 heavy (non-hydrogen) atoms. The molecule has 0 bridgehead atoms. The van der Waals surface area contributed by atoms with Crippen molar-refractivity contribution in [2.75, 3.05) is 13.1 Å². The van der Waals surface area contributed by atoms with Crippen LogP contribution >= 0.6 is 0 Å². The fraction of sp³-hybridized carbons (Fsp3) is 1.00. The van der Waals surface area contributed by atoms with Crippen molar-refractivity contribution in [3.63, 3.8) is 0 Å². The van der Waals surface area contributed by atoms with E-state index in [9.17, 15) is 8.42 Å². The quantitative estimate of drug-likeness (QED) is 0.747. The van der Waals surface area contributed by atoms with E-state index in [1.54, 1.807) is 4.31 Å². The van der Waals surface area contributed by atoms with Gasteiger partial charge in [-0.15, -0.1) is 0 Å². The summed E-state index contributed by atoms with van der Waals surface area (Å²) < 4.78 is 28.4. The van der Waals surface area contributed by atoms with E-state index in [1.807, 2.05) is 0 Å². The molecule has 0 radical (unpaired) electrons. The molecule has 0 spiro atoms. The Hall–Kier alpha value is -0.170. The van der Waals surface area contributed by atoms with Crippen LogP contribution in [0.3, 0.4) is 0 Å². The average Bonchev–Trinajstić information content (AvgIpc) is 2.43. The normalized spacial score (nSPS) is 33.1. The number of nitrogens with one attached hydrogen (secondary N) is 1. The fourth-order valence-electron chi connectivity index (χ4n) is 2.33. The summed E-state index contributed by atoms with van der Waals surface area (Å²) in [7, 11) is -3.26. The molecule has 2 rings (SSSR count). The van der Waals surface area contributed by atoms with Crippen molar-refractivity contribution in [1.82, 2.24) is 9.03 Å². The highest BCUT2D eigenvalue weighted by atomic mass is 32.2. The second kappa shape index (κ2) is 5.00. The Morgan fingerprint density at radius 1 is 1.06 bits per heavy atom. The molecule has 1 aliphatic carbocycles. The van der Waals surface area contributed by atoms with Crippen molar-refractivity contribution in [3.8, 4) is 0 Å². The molecule has 2 aliphatic rings. The van der Waals surface area contributed by atoms with Crippen molar-refractivity contribution >= 4 is 10.2 Å². The highest BCUT2D eigenvalue weighted by Crippen LogP contribution is 2.20. The maximum atomic E-state index is 12.0. The highest BCUT2D eigenvalue weighted by molar-refractivity contribution is 7.87. The zero-order valence-electron chi connectivity index (χ0n) is 9.56. The zero-order chi connectivity index (χ0) is 11.6. The molecule has 1 saturated carbocycles. The SMILES string of the molecule is NC1CC(NS(=O)(=O)N2CCCCCC2)C1. The maximum Gasteiger partial charge on any atom is 0.279 e. The van der Waals surface area contributed by atoms with Gasteiger partial charge in [-0.2, -0.15) is 17.4 Å². The van der Waals surface area contributed by atoms with Crippen molar-refractivity contribution in [2.45, 2.75) is 50.6 Å². The van der Waals surface area contributed by atoms with E-state index in [0.29, 0.717) is 13.1 Å². The smallest absolute Gasteiger partial charge is 0.279 e. The van der Waals surface area contributed by atoms with E-state index < -0.39 is 10.2 Å². The number of nitrogens with two attached hydrogens (primary N) is 1. The van der Waals surface area contributed by atoms with Crippen LogP contribution in [0.5, 0.6) is 0 Å². The topological polar surface area (TPSA) is 75.4 Å². The van der Waals surface area contributed by atoms with E-state index in [2.05, 4.69) is 4.72 Å². The molecule has 3 N–H and O–H groups in total. The Balaban J connectivity index is 1.89. The molecule has 1 saturated heterocycles. The summed E-state index contributed by atoms with van der Waals surface area (Å²) in [6.07, 6.45) is 5.77. The molecule has 1 heterocycles. The summed E-state index contributed by atoms with van der Waals surface area (Å²) in [4.78, 5) is 0. The lowest BCUT2D eigenvalue weighted by molar-refractivity contribution is 0.314. The van der Waals surface area contributed by atoms with Gasteiger partial charge >= 0.3 is 0 Å². The van der Waals surface area contributed by atoms with E-state index in [0.717, 1.165) is 38.5 Å². The molecule has 0 unspecified atom stereocenters. The van der Waals surface area contributed by atoms with Gasteiger partial charge in [0.1, 0.15) is 0 Å². The Bertz CT molecular complexity index is 317. The van der Waals surface area contributed by atoms with Gasteiger partial charge in [0, 0.05) is 25.2 Å².